The number of hydrogen-bond acceptors (Lipinski definition) is 2. The Hall–Kier alpha value is -3.05. The third-order valence-electron chi connectivity index (χ3n) is 6.32. The summed E-state index contributed by atoms with van der Waals surface area (Å²) in [6, 6.07) is 29.7. The molecule has 4 nitrogen and oxygen atoms in total. The molecule has 172 valence electrons. The van der Waals surface area contributed by atoms with E-state index < -0.39 is 0 Å². The number of nitrogens with zero attached hydrogens (tertiary/aromatic N) is 2. The lowest BCUT2D eigenvalue weighted by Gasteiger charge is -2.37. The Bertz CT molecular complexity index is 1230. The number of hydrogen-bond donors (Lipinski definition) is 1. The third-order valence-corrected chi connectivity index (χ3v) is 7.05. The van der Waals surface area contributed by atoms with Gasteiger partial charge >= 0.3 is 0 Å². The molecule has 0 saturated heterocycles. The molecule has 0 fully saturated rings. The Labute approximate surface area is 209 Å². The van der Waals surface area contributed by atoms with Crippen LogP contribution in [0.5, 0.6) is 0 Å². The first-order valence-corrected chi connectivity index (χ1v) is 12.1. The van der Waals surface area contributed by atoms with Gasteiger partial charge in [0, 0.05) is 25.0 Å². The van der Waals surface area contributed by atoms with Crippen LogP contribution in [0.25, 0.3) is 0 Å². The molecule has 2 heterocycles. The summed E-state index contributed by atoms with van der Waals surface area (Å²) in [7, 11) is 0. The zero-order valence-electron chi connectivity index (χ0n) is 18.6. The highest BCUT2D eigenvalue weighted by Crippen LogP contribution is 2.35. The summed E-state index contributed by atoms with van der Waals surface area (Å²) in [5.41, 5.74) is 4.26. The van der Waals surface area contributed by atoms with Gasteiger partial charge in [-0.1, -0.05) is 89.9 Å². The summed E-state index contributed by atoms with van der Waals surface area (Å²) in [6.07, 6.45) is 2.08. The largest absolute Gasteiger partial charge is 0.348 e. The average molecular weight is 490 g/mol. The summed E-state index contributed by atoms with van der Waals surface area (Å²) >= 11 is 12.5. The summed E-state index contributed by atoms with van der Waals surface area (Å²) in [4.78, 5) is 15.6. The highest BCUT2D eigenvalue weighted by molar-refractivity contribution is 6.42. The van der Waals surface area contributed by atoms with E-state index >= 15 is 0 Å². The zero-order chi connectivity index (χ0) is 23.5. The predicted octanol–water partition coefficient (Wildman–Crippen LogP) is 6.11. The smallest absolute Gasteiger partial charge is 0.234 e. The number of aromatic nitrogens is 1. The van der Waals surface area contributed by atoms with Gasteiger partial charge in [-0.15, -0.1) is 0 Å². The second-order valence-corrected chi connectivity index (χ2v) is 9.31. The lowest BCUT2D eigenvalue weighted by molar-refractivity contribution is -0.123. The van der Waals surface area contributed by atoms with Crippen LogP contribution >= 0.6 is 23.2 Å². The Morgan fingerprint density at radius 1 is 0.853 bits per heavy atom. The van der Waals surface area contributed by atoms with E-state index in [0.29, 0.717) is 10.0 Å². The van der Waals surface area contributed by atoms with Crippen LogP contribution in [0.1, 0.15) is 34.5 Å². The minimum atomic E-state index is -0.216. The van der Waals surface area contributed by atoms with Gasteiger partial charge in [-0.3, -0.25) is 9.69 Å². The van der Waals surface area contributed by atoms with Crippen molar-refractivity contribution in [2.75, 3.05) is 13.1 Å². The van der Waals surface area contributed by atoms with Crippen molar-refractivity contribution < 1.29 is 4.79 Å². The van der Waals surface area contributed by atoms with Gasteiger partial charge in [0.15, 0.2) is 0 Å². The molecule has 6 heteroatoms. The fraction of sp³-hybridized carbons (Fsp3) is 0.179. The molecular weight excluding hydrogens is 465 g/mol. The fourth-order valence-electron chi connectivity index (χ4n) is 4.71. The van der Waals surface area contributed by atoms with Crippen molar-refractivity contribution in [2.24, 2.45) is 0 Å². The van der Waals surface area contributed by atoms with Crippen LogP contribution in [0.2, 0.25) is 10.0 Å². The first-order valence-electron chi connectivity index (χ1n) is 11.3. The molecule has 4 aromatic rings. The number of carbonyl (C=O) groups excluding carboxylic acids is 1. The second-order valence-electron chi connectivity index (χ2n) is 8.49. The topological polar surface area (TPSA) is 37.3 Å². The normalized spacial score (nSPS) is 15.8. The monoisotopic (exact) mass is 489 g/mol. The third kappa shape index (κ3) is 4.76. The van der Waals surface area contributed by atoms with Crippen LogP contribution in [0, 0.1) is 0 Å². The van der Waals surface area contributed by atoms with E-state index in [1.54, 1.807) is 0 Å². The number of amides is 1. The van der Waals surface area contributed by atoms with Crippen molar-refractivity contribution in [3.05, 3.63) is 130 Å². The summed E-state index contributed by atoms with van der Waals surface area (Å²) in [5, 5.41) is 4.31. The first kappa shape index (κ1) is 22.7. The molecule has 0 aliphatic carbocycles. The molecule has 1 N–H and O–H groups in total. The first-order chi connectivity index (χ1) is 16.6. The molecule has 0 saturated carbocycles. The maximum Gasteiger partial charge on any atom is 0.234 e. The molecule has 0 spiro atoms. The number of halogens is 2. The summed E-state index contributed by atoms with van der Waals surface area (Å²) in [6.45, 7) is 1.85. The highest BCUT2D eigenvalue weighted by Gasteiger charge is 2.31. The van der Waals surface area contributed by atoms with Crippen LogP contribution in [0.4, 0.5) is 0 Å². The highest BCUT2D eigenvalue weighted by atomic mass is 35.5. The lowest BCUT2D eigenvalue weighted by atomic mass is 9.98. The quantitative estimate of drug-likeness (QED) is 0.354. The number of carbonyl (C=O) groups is 1. The molecule has 0 bridgehead atoms. The van der Waals surface area contributed by atoms with Gasteiger partial charge in [0.05, 0.1) is 28.7 Å². The van der Waals surface area contributed by atoms with Crippen molar-refractivity contribution in [3.8, 4) is 0 Å². The molecule has 1 aliphatic rings. The Morgan fingerprint density at radius 3 is 2.18 bits per heavy atom. The van der Waals surface area contributed by atoms with Gasteiger partial charge in [0.2, 0.25) is 5.91 Å². The van der Waals surface area contributed by atoms with Crippen molar-refractivity contribution in [1.82, 2.24) is 14.8 Å². The van der Waals surface area contributed by atoms with E-state index in [2.05, 4.69) is 27.0 Å². The Balaban J connectivity index is 1.41. The zero-order valence-corrected chi connectivity index (χ0v) is 20.1. The van der Waals surface area contributed by atoms with E-state index in [0.717, 1.165) is 35.5 Å². The number of nitrogens with one attached hydrogen (secondary N) is 1. The lowest BCUT2D eigenvalue weighted by Crippen LogP contribution is -2.45. The van der Waals surface area contributed by atoms with E-state index in [1.807, 2.05) is 84.9 Å². The van der Waals surface area contributed by atoms with Crippen molar-refractivity contribution in [3.63, 3.8) is 0 Å². The predicted molar refractivity (Wildman–Crippen MR) is 137 cm³/mol. The van der Waals surface area contributed by atoms with Gasteiger partial charge in [0.25, 0.3) is 0 Å². The molecule has 34 heavy (non-hydrogen) atoms. The van der Waals surface area contributed by atoms with E-state index in [-0.39, 0.29) is 24.5 Å². The minimum absolute atomic E-state index is 0.0252. The van der Waals surface area contributed by atoms with E-state index in [9.17, 15) is 4.79 Å². The van der Waals surface area contributed by atoms with Crippen molar-refractivity contribution in [2.45, 2.75) is 18.6 Å². The minimum Gasteiger partial charge on any atom is -0.348 e. The van der Waals surface area contributed by atoms with Gasteiger partial charge in [-0.2, -0.15) is 0 Å². The SMILES string of the molecule is O=C(CN1CCn2cccc2C1c1ccc(Cl)c(Cl)c1)NC(c1ccccc1)c1ccccc1. The molecule has 1 unspecified atom stereocenters. The number of fused-ring (bicyclic) bond motifs is 1. The van der Waals surface area contributed by atoms with Gasteiger partial charge in [-0.05, 0) is 41.0 Å². The standard InChI is InChI=1S/C28H25Cl2N3O/c29-23-14-13-22(18-24(23)30)28-25-12-7-15-32(25)16-17-33(28)19-26(34)31-27(20-8-3-1-4-9-20)21-10-5-2-6-11-21/h1-15,18,27-28H,16-17,19H2,(H,31,34). The van der Waals surface area contributed by atoms with Crippen LogP contribution in [-0.4, -0.2) is 28.5 Å². The Morgan fingerprint density at radius 2 is 1.53 bits per heavy atom. The molecule has 1 atom stereocenters. The van der Waals surface area contributed by atoms with E-state index in [1.165, 1.54) is 0 Å². The maximum atomic E-state index is 13.4. The van der Waals surface area contributed by atoms with Crippen LogP contribution in [0.15, 0.2) is 97.2 Å². The van der Waals surface area contributed by atoms with Crippen LogP contribution in [0.3, 0.4) is 0 Å². The molecule has 1 aromatic heterocycles. The Kier molecular flexibility index (Phi) is 6.73. The molecule has 1 aliphatic heterocycles. The van der Waals surface area contributed by atoms with Gasteiger partial charge < -0.3 is 9.88 Å². The molecule has 1 amide bonds. The maximum absolute atomic E-state index is 13.4. The van der Waals surface area contributed by atoms with Crippen molar-refractivity contribution >= 4 is 29.1 Å². The van der Waals surface area contributed by atoms with E-state index in [4.69, 9.17) is 23.2 Å². The number of rotatable bonds is 6. The second kappa shape index (κ2) is 10.1. The molecule has 3 aromatic carbocycles. The molecule has 0 radical (unpaired) electrons. The average Bonchev–Trinajstić information content (AvgIpc) is 3.34. The molecular formula is C28H25Cl2N3O. The summed E-state index contributed by atoms with van der Waals surface area (Å²) < 4.78 is 2.23. The van der Waals surface area contributed by atoms with Gasteiger partial charge in [-0.25, -0.2) is 0 Å². The molecule has 5 rings (SSSR count). The van der Waals surface area contributed by atoms with Gasteiger partial charge in [0.1, 0.15) is 0 Å². The summed E-state index contributed by atoms with van der Waals surface area (Å²) in [5.74, 6) is -0.0252. The van der Waals surface area contributed by atoms with Crippen LogP contribution in [-0.2, 0) is 11.3 Å². The van der Waals surface area contributed by atoms with Crippen molar-refractivity contribution in [1.29, 1.82) is 0 Å². The number of benzene rings is 3. The fourth-order valence-corrected chi connectivity index (χ4v) is 5.01. The van der Waals surface area contributed by atoms with Crippen LogP contribution < -0.4 is 5.32 Å².